The summed E-state index contributed by atoms with van der Waals surface area (Å²) in [5.74, 6) is -1.27. The van der Waals surface area contributed by atoms with Crippen LogP contribution in [0.25, 0.3) is 0 Å². The molecule has 9 heteroatoms. The number of carbonyl (C=O) groups is 2. The van der Waals surface area contributed by atoms with Crippen molar-refractivity contribution in [3.63, 3.8) is 0 Å². The van der Waals surface area contributed by atoms with Crippen LogP contribution in [-0.2, 0) is 6.54 Å². The fourth-order valence-electron chi connectivity index (χ4n) is 2.37. The van der Waals surface area contributed by atoms with Gasteiger partial charge in [0.05, 0.1) is 17.7 Å². The monoisotopic (exact) mass is 370 g/mol. The van der Waals surface area contributed by atoms with Gasteiger partial charge in [0.1, 0.15) is 5.02 Å². The van der Waals surface area contributed by atoms with Crippen LogP contribution in [0.2, 0.25) is 5.02 Å². The number of aromatic nitrogens is 1. The second-order valence-electron chi connectivity index (χ2n) is 5.28. The number of hydrogen-bond donors (Lipinski definition) is 0. The van der Waals surface area contributed by atoms with E-state index >= 15 is 0 Å². The summed E-state index contributed by atoms with van der Waals surface area (Å²) >= 11 is 5.86. The zero-order valence-electron chi connectivity index (χ0n) is 12.5. The summed E-state index contributed by atoms with van der Waals surface area (Å²) in [4.78, 5) is 29.3. The van der Waals surface area contributed by atoms with Gasteiger partial charge in [-0.1, -0.05) is 23.7 Å². The molecular formula is C16H10ClF3N2O3. The quantitative estimate of drug-likeness (QED) is 0.773. The van der Waals surface area contributed by atoms with E-state index in [4.69, 9.17) is 11.6 Å². The van der Waals surface area contributed by atoms with Gasteiger partial charge in [-0.15, -0.1) is 0 Å². The number of pyridine rings is 1. The fraction of sp³-hybridized carbons (Fsp3) is 0.188. The third kappa shape index (κ3) is 3.58. The Balaban J connectivity index is 1.75. The Morgan fingerprint density at radius 2 is 1.72 bits per heavy atom. The third-order valence-corrected chi connectivity index (χ3v) is 3.73. The van der Waals surface area contributed by atoms with Crippen molar-refractivity contribution in [1.82, 2.24) is 9.88 Å². The number of benzene rings is 1. The number of amides is 2. The van der Waals surface area contributed by atoms with Crippen LogP contribution < -0.4 is 4.74 Å². The standard InChI is InChI=1S/C16H10ClF3N2O3/c17-12-5-9(6-21-13(12)25-8-16(18,19)20)7-22-14(23)10-3-1-2-4-11(10)15(22)24/h1-6H,7-8H2. The van der Waals surface area contributed by atoms with Crippen molar-refractivity contribution >= 4 is 23.4 Å². The van der Waals surface area contributed by atoms with Crippen LogP contribution in [0.4, 0.5) is 13.2 Å². The lowest BCUT2D eigenvalue weighted by Crippen LogP contribution is -2.29. The molecule has 0 spiro atoms. The molecule has 5 nitrogen and oxygen atoms in total. The second-order valence-corrected chi connectivity index (χ2v) is 5.68. The lowest BCUT2D eigenvalue weighted by molar-refractivity contribution is -0.154. The number of rotatable bonds is 4. The average Bonchev–Trinajstić information content (AvgIpc) is 2.79. The average molecular weight is 371 g/mol. The summed E-state index contributed by atoms with van der Waals surface area (Å²) < 4.78 is 41.0. The molecule has 0 unspecified atom stereocenters. The lowest BCUT2D eigenvalue weighted by atomic mass is 10.1. The maximum atomic E-state index is 12.3. The van der Waals surface area contributed by atoms with Crippen LogP contribution >= 0.6 is 11.6 Å². The molecular weight excluding hydrogens is 361 g/mol. The molecule has 130 valence electrons. The smallest absolute Gasteiger partial charge is 0.422 e. The fourth-order valence-corrected chi connectivity index (χ4v) is 2.62. The Hall–Kier alpha value is -2.61. The minimum atomic E-state index is -4.51. The van der Waals surface area contributed by atoms with E-state index in [0.29, 0.717) is 16.7 Å². The number of alkyl halides is 3. The van der Waals surface area contributed by atoms with E-state index in [-0.39, 0.29) is 17.4 Å². The molecule has 0 atom stereocenters. The highest BCUT2D eigenvalue weighted by molar-refractivity contribution is 6.31. The van der Waals surface area contributed by atoms with Crippen molar-refractivity contribution in [3.05, 3.63) is 58.2 Å². The molecule has 2 amide bonds. The van der Waals surface area contributed by atoms with Gasteiger partial charge in [0, 0.05) is 6.20 Å². The molecule has 0 fully saturated rings. The number of carbonyl (C=O) groups excluding carboxylic acids is 2. The molecule has 0 N–H and O–H groups in total. The Bertz CT molecular complexity index is 820. The SMILES string of the molecule is O=C1c2ccccc2C(=O)N1Cc1cnc(OCC(F)(F)F)c(Cl)c1. The van der Waals surface area contributed by atoms with Crippen LogP contribution in [0, 0.1) is 0 Å². The summed E-state index contributed by atoms with van der Waals surface area (Å²) in [6, 6.07) is 7.71. The van der Waals surface area contributed by atoms with E-state index in [1.165, 1.54) is 12.3 Å². The van der Waals surface area contributed by atoms with Gasteiger partial charge in [0.25, 0.3) is 11.8 Å². The molecule has 1 aliphatic heterocycles. The Kier molecular flexibility index (Phi) is 4.38. The van der Waals surface area contributed by atoms with Gasteiger partial charge in [0.15, 0.2) is 6.61 Å². The molecule has 1 aromatic heterocycles. The maximum absolute atomic E-state index is 12.3. The van der Waals surface area contributed by atoms with Crippen molar-refractivity contribution in [2.45, 2.75) is 12.7 Å². The van der Waals surface area contributed by atoms with Crippen molar-refractivity contribution in [2.75, 3.05) is 6.61 Å². The molecule has 0 radical (unpaired) electrons. The van der Waals surface area contributed by atoms with Crippen molar-refractivity contribution in [1.29, 1.82) is 0 Å². The Labute approximate surface area is 145 Å². The lowest BCUT2D eigenvalue weighted by Gasteiger charge is -2.15. The van der Waals surface area contributed by atoms with Gasteiger partial charge < -0.3 is 4.74 Å². The zero-order chi connectivity index (χ0) is 18.2. The van der Waals surface area contributed by atoms with Crippen molar-refractivity contribution < 1.29 is 27.5 Å². The maximum Gasteiger partial charge on any atom is 0.422 e. The largest absolute Gasteiger partial charge is 0.467 e. The predicted octanol–water partition coefficient (Wildman–Crippen LogP) is 3.47. The summed E-state index contributed by atoms with van der Waals surface area (Å²) in [6.45, 7) is -1.61. The van der Waals surface area contributed by atoms with Crippen LogP contribution in [0.15, 0.2) is 36.5 Å². The van der Waals surface area contributed by atoms with E-state index in [0.717, 1.165) is 4.90 Å². The van der Waals surface area contributed by atoms with Crippen LogP contribution in [0.5, 0.6) is 5.88 Å². The molecule has 0 aliphatic carbocycles. The number of fused-ring (bicyclic) bond motifs is 1. The van der Waals surface area contributed by atoms with Crippen molar-refractivity contribution in [3.8, 4) is 5.88 Å². The van der Waals surface area contributed by atoms with Gasteiger partial charge in [0.2, 0.25) is 5.88 Å². The number of imide groups is 1. The van der Waals surface area contributed by atoms with E-state index in [1.54, 1.807) is 24.3 Å². The number of ether oxygens (including phenoxy) is 1. The first-order valence-electron chi connectivity index (χ1n) is 7.05. The van der Waals surface area contributed by atoms with Crippen LogP contribution in [0.1, 0.15) is 26.3 Å². The normalized spacial score (nSPS) is 14.0. The molecule has 1 aromatic carbocycles. The van der Waals surface area contributed by atoms with Crippen LogP contribution in [0.3, 0.4) is 0 Å². The molecule has 25 heavy (non-hydrogen) atoms. The van der Waals surface area contributed by atoms with Gasteiger partial charge >= 0.3 is 6.18 Å². The molecule has 0 saturated heterocycles. The molecule has 2 aromatic rings. The highest BCUT2D eigenvalue weighted by Gasteiger charge is 2.35. The van der Waals surface area contributed by atoms with Gasteiger partial charge in [-0.3, -0.25) is 14.5 Å². The van der Waals surface area contributed by atoms with E-state index in [9.17, 15) is 22.8 Å². The summed E-state index contributed by atoms with van der Waals surface area (Å²) in [7, 11) is 0. The number of nitrogens with zero attached hydrogens (tertiary/aromatic N) is 2. The zero-order valence-corrected chi connectivity index (χ0v) is 13.3. The summed E-state index contributed by atoms with van der Waals surface area (Å²) in [5.41, 5.74) is 0.993. The van der Waals surface area contributed by atoms with Gasteiger partial charge in [-0.05, 0) is 23.8 Å². The number of hydrogen-bond acceptors (Lipinski definition) is 4. The Morgan fingerprint density at radius 1 is 1.12 bits per heavy atom. The van der Waals surface area contributed by atoms with Crippen molar-refractivity contribution in [2.24, 2.45) is 0 Å². The molecule has 3 rings (SSSR count). The van der Waals surface area contributed by atoms with Crippen LogP contribution in [-0.4, -0.2) is 34.5 Å². The summed E-state index contributed by atoms with van der Waals surface area (Å²) in [6.07, 6.45) is -3.30. The molecule has 2 heterocycles. The predicted molar refractivity (Wildman–Crippen MR) is 81.4 cm³/mol. The highest BCUT2D eigenvalue weighted by atomic mass is 35.5. The van der Waals surface area contributed by atoms with Gasteiger partial charge in [-0.25, -0.2) is 4.98 Å². The third-order valence-electron chi connectivity index (χ3n) is 3.46. The first-order chi connectivity index (χ1) is 11.8. The van der Waals surface area contributed by atoms with E-state index in [2.05, 4.69) is 9.72 Å². The minimum Gasteiger partial charge on any atom is -0.467 e. The van der Waals surface area contributed by atoms with Gasteiger partial charge in [-0.2, -0.15) is 13.2 Å². The first kappa shape index (κ1) is 17.2. The molecule has 1 aliphatic rings. The summed E-state index contributed by atoms with van der Waals surface area (Å²) in [5, 5.41) is -0.140. The highest BCUT2D eigenvalue weighted by Crippen LogP contribution is 2.28. The van der Waals surface area contributed by atoms with E-state index < -0.39 is 24.6 Å². The minimum absolute atomic E-state index is 0.0986. The topological polar surface area (TPSA) is 59.5 Å². The van der Waals surface area contributed by atoms with E-state index in [1.807, 2.05) is 0 Å². The molecule has 0 saturated carbocycles. The molecule has 0 bridgehead atoms. The number of halogens is 4. The second kappa shape index (κ2) is 6.36. The first-order valence-corrected chi connectivity index (χ1v) is 7.43. The Morgan fingerprint density at radius 3 is 2.24 bits per heavy atom.